The lowest BCUT2D eigenvalue weighted by atomic mass is 9.91. The van der Waals surface area contributed by atoms with Crippen molar-refractivity contribution in [3.8, 4) is 0 Å². The number of aromatic nitrogens is 1. The number of aryl methyl sites for hydroxylation is 1. The average molecular weight is 255 g/mol. The molecule has 0 amide bonds. The minimum absolute atomic E-state index is 0.208. The van der Waals surface area contributed by atoms with Gasteiger partial charge in [-0.1, -0.05) is 13.8 Å². The second-order valence-electron chi connectivity index (χ2n) is 5.24. The summed E-state index contributed by atoms with van der Waals surface area (Å²) in [6, 6.07) is 0. The normalized spacial score (nSPS) is 11.9. The van der Waals surface area contributed by atoms with Crippen LogP contribution in [0.3, 0.4) is 0 Å². The summed E-state index contributed by atoms with van der Waals surface area (Å²) in [5.41, 5.74) is 0.340. The van der Waals surface area contributed by atoms with Crippen LogP contribution >= 0.6 is 11.3 Å². The minimum Gasteiger partial charge on any atom is -0.468 e. The molecule has 0 N–H and O–H groups in total. The zero-order valence-corrected chi connectivity index (χ0v) is 12.3. The Kier molecular flexibility index (Phi) is 4.31. The van der Waals surface area contributed by atoms with E-state index in [4.69, 9.17) is 4.74 Å². The Labute approximate surface area is 107 Å². The van der Waals surface area contributed by atoms with Gasteiger partial charge in [-0.15, -0.1) is 11.3 Å². The highest BCUT2D eigenvalue weighted by Gasteiger charge is 2.34. The van der Waals surface area contributed by atoms with Crippen molar-refractivity contribution in [3.63, 3.8) is 0 Å². The predicted molar refractivity (Wildman–Crippen MR) is 70.4 cm³/mol. The molecule has 17 heavy (non-hydrogen) atoms. The summed E-state index contributed by atoms with van der Waals surface area (Å²) in [5.74, 6) is 0.370. The van der Waals surface area contributed by atoms with Crippen LogP contribution in [0.1, 0.15) is 43.3 Å². The first-order valence-corrected chi connectivity index (χ1v) is 6.65. The van der Waals surface area contributed by atoms with Crippen LogP contribution in [-0.2, 0) is 21.4 Å². The van der Waals surface area contributed by atoms with Crippen molar-refractivity contribution in [2.75, 3.05) is 7.11 Å². The molecule has 96 valence electrons. The van der Waals surface area contributed by atoms with Gasteiger partial charge in [0.2, 0.25) is 0 Å². The zero-order chi connectivity index (χ0) is 13.2. The van der Waals surface area contributed by atoms with Crippen LogP contribution in [0.15, 0.2) is 0 Å². The van der Waals surface area contributed by atoms with E-state index in [0.717, 1.165) is 22.0 Å². The Hall–Kier alpha value is -0.900. The number of esters is 1. The third-order valence-electron chi connectivity index (χ3n) is 2.69. The number of carbonyl (C=O) groups is 1. The van der Waals surface area contributed by atoms with Crippen LogP contribution in [0.2, 0.25) is 0 Å². The predicted octanol–water partition coefficient (Wildman–Crippen LogP) is 3.10. The molecule has 0 saturated heterocycles. The number of nitrogens with zero attached hydrogens (tertiary/aromatic N) is 1. The lowest BCUT2D eigenvalue weighted by molar-refractivity contribution is -0.146. The highest BCUT2D eigenvalue weighted by atomic mass is 32.1. The number of thiazole rings is 1. The fourth-order valence-corrected chi connectivity index (χ4v) is 3.18. The molecular formula is C13H21NO2S. The third kappa shape index (κ3) is 3.06. The fraction of sp³-hybridized carbons (Fsp3) is 0.692. The maximum Gasteiger partial charge on any atom is 0.316 e. The van der Waals surface area contributed by atoms with E-state index in [0.29, 0.717) is 5.92 Å². The van der Waals surface area contributed by atoms with Crippen LogP contribution in [0.25, 0.3) is 0 Å². The number of ether oxygens (including phenoxy) is 1. The number of methoxy groups -OCH3 is 1. The fourth-order valence-electron chi connectivity index (χ4n) is 1.82. The Morgan fingerprint density at radius 1 is 1.47 bits per heavy atom. The molecule has 0 bridgehead atoms. The summed E-state index contributed by atoms with van der Waals surface area (Å²) in [6.45, 7) is 10.1. The summed E-state index contributed by atoms with van der Waals surface area (Å²) in [6.07, 6.45) is 0.961. The largest absolute Gasteiger partial charge is 0.468 e. The second-order valence-corrected chi connectivity index (χ2v) is 6.32. The lowest BCUT2D eigenvalue weighted by Gasteiger charge is -2.20. The molecule has 0 unspecified atom stereocenters. The van der Waals surface area contributed by atoms with E-state index >= 15 is 0 Å². The first-order valence-electron chi connectivity index (χ1n) is 5.84. The van der Waals surface area contributed by atoms with E-state index in [1.54, 1.807) is 11.3 Å². The maximum atomic E-state index is 11.8. The molecule has 4 heteroatoms. The summed E-state index contributed by atoms with van der Waals surface area (Å²) in [4.78, 5) is 17.3. The smallest absolute Gasteiger partial charge is 0.316 e. The molecule has 1 heterocycles. The quantitative estimate of drug-likeness (QED) is 0.776. The molecule has 0 fully saturated rings. The molecule has 0 spiro atoms. The molecule has 1 rings (SSSR count). The van der Waals surface area contributed by atoms with Crippen LogP contribution in [0.4, 0.5) is 0 Å². The number of hydrogen-bond donors (Lipinski definition) is 0. The maximum absolute atomic E-state index is 11.8. The summed E-state index contributed by atoms with van der Waals surface area (Å²) in [7, 11) is 1.43. The van der Waals surface area contributed by atoms with E-state index in [1.165, 1.54) is 7.11 Å². The van der Waals surface area contributed by atoms with Gasteiger partial charge in [-0.25, -0.2) is 4.98 Å². The molecule has 0 radical (unpaired) electrons. The molecule has 3 nitrogen and oxygen atoms in total. The standard InChI is InChI=1S/C13H21NO2S/c1-8(2)7-10-14-9(3)11(17-10)13(4,5)12(15)16-6/h8H,7H2,1-6H3. The van der Waals surface area contributed by atoms with Gasteiger partial charge in [0.25, 0.3) is 0 Å². The van der Waals surface area contributed by atoms with Crippen molar-refractivity contribution >= 4 is 17.3 Å². The first-order chi connectivity index (χ1) is 7.78. The number of carbonyl (C=O) groups excluding carboxylic acids is 1. The molecule has 0 aliphatic rings. The van der Waals surface area contributed by atoms with Gasteiger partial charge in [0.15, 0.2) is 0 Å². The molecule has 1 aromatic rings. The molecule has 0 atom stereocenters. The van der Waals surface area contributed by atoms with Crippen LogP contribution in [0.5, 0.6) is 0 Å². The van der Waals surface area contributed by atoms with Crippen LogP contribution in [0, 0.1) is 12.8 Å². The van der Waals surface area contributed by atoms with Crippen molar-refractivity contribution in [1.82, 2.24) is 4.98 Å². The van der Waals surface area contributed by atoms with E-state index < -0.39 is 5.41 Å². The summed E-state index contributed by atoms with van der Waals surface area (Å²) in [5, 5.41) is 1.10. The molecule has 0 aliphatic heterocycles. The topological polar surface area (TPSA) is 39.2 Å². The lowest BCUT2D eigenvalue weighted by Crippen LogP contribution is -2.29. The Morgan fingerprint density at radius 3 is 2.53 bits per heavy atom. The zero-order valence-electron chi connectivity index (χ0n) is 11.5. The van der Waals surface area contributed by atoms with E-state index in [-0.39, 0.29) is 5.97 Å². The van der Waals surface area contributed by atoms with Crippen molar-refractivity contribution in [3.05, 3.63) is 15.6 Å². The molecular weight excluding hydrogens is 234 g/mol. The molecule has 0 aliphatic carbocycles. The van der Waals surface area contributed by atoms with Gasteiger partial charge < -0.3 is 4.74 Å². The van der Waals surface area contributed by atoms with Gasteiger partial charge in [-0.3, -0.25) is 4.79 Å². The molecule has 0 saturated carbocycles. The second kappa shape index (κ2) is 5.17. The average Bonchev–Trinajstić information content (AvgIpc) is 2.57. The van der Waals surface area contributed by atoms with Gasteiger partial charge in [0.05, 0.1) is 23.2 Å². The van der Waals surface area contributed by atoms with Crippen molar-refractivity contribution in [1.29, 1.82) is 0 Å². The van der Waals surface area contributed by atoms with Crippen LogP contribution < -0.4 is 0 Å². The van der Waals surface area contributed by atoms with Gasteiger partial charge in [-0.05, 0) is 26.7 Å². The highest BCUT2D eigenvalue weighted by molar-refractivity contribution is 7.12. The van der Waals surface area contributed by atoms with Gasteiger partial charge >= 0.3 is 5.97 Å². The highest BCUT2D eigenvalue weighted by Crippen LogP contribution is 2.33. The van der Waals surface area contributed by atoms with Gasteiger partial charge in [-0.2, -0.15) is 0 Å². The minimum atomic E-state index is -0.605. The Bertz CT molecular complexity index is 408. The van der Waals surface area contributed by atoms with Crippen molar-refractivity contribution in [2.24, 2.45) is 5.92 Å². The summed E-state index contributed by atoms with van der Waals surface area (Å²) >= 11 is 1.63. The van der Waals surface area contributed by atoms with Crippen molar-refractivity contribution in [2.45, 2.75) is 46.5 Å². The Balaban J connectivity index is 3.06. The first kappa shape index (κ1) is 14.2. The summed E-state index contributed by atoms with van der Waals surface area (Å²) < 4.78 is 4.85. The SMILES string of the molecule is COC(=O)C(C)(C)c1sc(CC(C)C)nc1C. The third-order valence-corrected chi connectivity index (χ3v) is 4.19. The number of rotatable bonds is 4. The van der Waals surface area contributed by atoms with E-state index in [2.05, 4.69) is 18.8 Å². The van der Waals surface area contributed by atoms with Crippen LogP contribution in [-0.4, -0.2) is 18.1 Å². The van der Waals surface area contributed by atoms with Gasteiger partial charge in [0.1, 0.15) is 0 Å². The number of hydrogen-bond acceptors (Lipinski definition) is 4. The van der Waals surface area contributed by atoms with E-state index in [9.17, 15) is 4.79 Å². The Morgan fingerprint density at radius 2 is 2.06 bits per heavy atom. The monoisotopic (exact) mass is 255 g/mol. The van der Waals surface area contributed by atoms with Crippen molar-refractivity contribution < 1.29 is 9.53 Å². The van der Waals surface area contributed by atoms with E-state index in [1.807, 2.05) is 20.8 Å². The van der Waals surface area contributed by atoms with Gasteiger partial charge in [0, 0.05) is 11.3 Å². The molecule has 1 aromatic heterocycles. The molecule has 0 aromatic carbocycles.